The number of aryl methyl sites for hydroxylation is 1. The van der Waals surface area contributed by atoms with Crippen LogP contribution in [0.2, 0.25) is 0 Å². The summed E-state index contributed by atoms with van der Waals surface area (Å²) in [6.45, 7) is 5.78. The first-order valence-electron chi connectivity index (χ1n) is 8.89. The highest BCUT2D eigenvalue weighted by Crippen LogP contribution is 2.32. The highest BCUT2D eigenvalue weighted by molar-refractivity contribution is 5.60. The van der Waals surface area contributed by atoms with Crippen molar-refractivity contribution in [3.8, 4) is 11.5 Å². The summed E-state index contributed by atoms with van der Waals surface area (Å²) in [5, 5.41) is 11.4. The van der Waals surface area contributed by atoms with Gasteiger partial charge in [-0.25, -0.2) is 0 Å². The molecule has 0 atom stereocenters. The second kappa shape index (κ2) is 7.49. The minimum atomic E-state index is 0.271. The second-order valence-corrected chi connectivity index (χ2v) is 6.26. The number of nitrogens with one attached hydrogen (secondary N) is 1. The lowest BCUT2D eigenvalue weighted by molar-refractivity contribution is 0.174. The van der Waals surface area contributed by atoms with E-state index in [1.165, 1.54) is 5.56 Å². The van der Waals surface area contributed by atoms with E-state index in [4.69, 9.17) is 9.47 Å². The predicted octanol–water partition coefficient (Wildman–Crippen LogP) is 3.68. The Morgan fingerprint density at radius 2 is 2.00 bits per heavy atom. The molecule has 0 unspecified atom stereocenters. The van der Waals surface area contributed by atoms with Gasteiger partial charge >= 0.3 is 0 Å². The zero-order valence-electron chi connectivity index (χ0n) is 15.3. The van der Waals surface area contributed by atoms with Gasteiger partial charge in [-0.1, -0.05) is 18.2 Å². The minimum Gasteiger partial charge on any atom is -0.454 e. The van der Waals surface area contributed by atoms with Crippen LogP contribution in [-0.4, -0.2) is 28.5 Å². The van der Waals surface area contributed by atoms with Crippen molar-refractivity contribution >= 4 is 17.5 Å². The minimum absolute atomic E-state index is 0.271. The molecule has 0 spiro atoms. The number of hydrogen-bond acceptors (Lipinski definition) is 7. The SMILES string of the molecule is CCN(c1cccc(C)c1)c1cnnc(NCc2ccc3c(c2)OCO3)n1. The summed E-state index contributed by atoms with van der Waals surface area (Å²) in [6.07, 6.45) is 1.68. The van der Waals surface area contributed by atoms with Crippen LogP contribution in [-0.2, 0) is 6.54 Å². The quantitative estimate of drug-likeness (QED) is 0.716. The summed E-state index contributed by atoms with van der Waals surface area (Å²) in [4.78, 5) is 6.73. The molecule has 1 N–H and O–H groups in total. The molecule has 138 valence electrons. The van der Waals surface area contributed by atoms with Crippen LogP contribution in [0.4, 0.5) is 17.5 Å². The summed E-state index contributed by atoms with van der Waals surface area (Å²) < 4.78 is 10.8. The molecule has 1 aliphatic rings. The van der Waals surface area contributed by atoms with Gasteiger partial charge in [-0.2, -0.15) is 10.1 Å². The fraction of sp³-hybridized carbons (Fsp3) is 0.250. The van der Waals surface area contributed by atoms with E-state index in [-0.39, 0.29) is 6.79 Å². The van der Waals surface area contributed by atoms with Crippen molar-refractivity contribution in [1.29, 1.82) is 0 Å². The Bertz CT molecular complexity index is 947. The highest BCUT2D eigenvalue weighted by Gasteiger charge is 2.14. The third-order valence-corrected chi connectivity index (χ3v) is 4.34. The van der Waals surface area contributed by atoms with Crippen LogP contribution in [0.15, 0.2) is 48.7 Å². The molecule has 7 heteroatoms. The molecule has 4 rings (SSSR count). The molecule has 0 bridgehead atoms. The van der Waals surface area contributed by atoms with Crippen molar-refractivity contribution in [1.82, 2.24) is 15.2 Å². The van der Waals surface area contributed by atoms with Gasteiger partial charge in [0, 0.05) is 18.8 Å². The molecule has 0 radical (unpaired) electrons. The van der Waals surface area contributed by atoms with Gasteiger partial charge in [0.2, 0.25) is 12.7 Å². The molecule has 0 aliphatic carbocycles. The maximum absolute atomic E-state index is 5.41. The topological polar surface area (TPSA) is 72.4 Å². The molecule has 2 aromatic carbocycles. The smallest absolute Gasteiger partial charge is 0.244 e. The predicted molar refractivity (Wildman–Crippen MR) is 104 cm³/mol. The normalized spacial score (nSPS) is 12.1. The maximum Gasteiger partial charge on any atom is 0.244 e. The fourth-order valence-corrected chi connectivity index (χ4v) is 3.00. The molecule has 1 aromatic heterocycles. The number of hydrogen-bond donors (Lipinski definition) is 1. The fourth-order valence-electron chi connectivity index (χ4n) is 3.00. The van der Waals surface area contributed by atoms with Crippen molar-refractivity contribution < 1.29 is 9.47 Å². The zero-order valence-corrected chi connectivity index (χ0v) is 15.3. The van der Waals surface area contributed by atoms with E-state index < -0.39 is 0 Å². The Kier molecular flexibility index (Phi) is 4.74. The Morgan fingerprint density at radius 1 is 1.11 bits per heavy atom. The van der Waals surface area contributed by atoms with Crippen LogP contribution in [0.5, 0.6) is 11.5 Å². The number of fused-ring (bicyclic) bond motifs is 1. The Balaban J connectivity index is 1.50. The van der Waals surface area contributed by atoms with Crippen molar-refractivity contribution in [2.75, 3.05) is 23.6 Å². The van der Waals surface area contributed by atoms with Gasteiger partial charge in [0.1, 0.15) is 0 Å². The summed E-state index contributed by atoms with van der Waals surface area (Å²) in [7, 11) is 0. The van der Waals surface area contributed by atoms with Gasteiger partial charge < -0.3 is 19.7 Å². The standard InChI is InChI=1S/C20H21N5O2/c1-3-25(16-6-4-5-14(2)9-16)19-12-22-24-20(23-19)21-11-15-7-8-17-18(10-15)27-13-26-17/h4-10,12H,3,11,13H2,1-2H3,(H,21,23,24). The Morgan fingerprint density at radius 3 is 2.85 bits per heavy atom. The average molecular weight is 363 g/mol. The first-order chi connectivity index (χ1) is 13.2. The van der Waals surface area contributed by atoms with E-state index in [1.807, 2.05) is 24.3 Å². The highest BCUT2D eigenvalue weighted by atomic mass is 16.7. The number of benzene rings is 2. The summed E-state index contributed by atoms with van der Waals surface area (Å²) in [5.74, 6) is 2.77. The number of aromatic nitrogens is 3. The van der Waals surface area contributed by atoms with Crippen molar-refractivity contribution in [2.24, 2.45) is 0 Å². The van der Waals surface area contributed by atoms with Crippen LogP contribution >= 0.6 is 0 Å². The summed E-state index contributed by atoms with van der Waals surface area (Å²) in [5.41, 5.74) is 3.34. The Hall–Kier alpha value is -3.35. The van der Waals surface area contributed by atoms with Crippen LogP contribution in [0.25, 0.3) is 0 Å². The first kappa shape index (κ1) is 17.1. The lowest BCUT2D eigenvalue weighted by Crippen LogP contribution is -2.19. The molecule has 0 saturated heterocycles. The van der Waals surface area contributed by atoms with Gasteiger partial charge in [0.05, 0.1) is 6.20 Å². The molecule has 0 fully saturated rings. The summed E-state index contributed by atoms with van der Waals surface area (Å²) in [6, 6.07) is 14.2. The molecule has 1 aliphatic heterocycles. The second-order valence-electron chi connectivity index (χ2n) is 6.26. The molecule has 27 heavy (non-hydrogen) atoms. The number of rotatable bonds is 6. The zero-order chi connectivity index (χ0) is 18.6. The molecular formula is C20H21N5O2. The van der Waals surface area contributed by atoms with E-state index in [0.29, 0.717) is 12.5 Å². The van der Waals surface area contributed by atoms with Crippen LogP contribution in [0.3, 0.4) is 0 Å². The molecule has 7 nitrogen and oxygen atoms in total. The van der Waals surface area contributed by atoms with E-state index >= 15 is 0 Å². The van der Waals surface area contributed by atoms with Gasteiger partial charge in [-0.3, -0.25) is 0 Å². The first-order valence-corrected chi connectivity index (χ1v) is 8.89. The molecular weight excluding hydrogens is 342 g/mol. The third kappa shape index (κ3) is 3.76. The van der Waals surface area contributed by atoms with Crippen molar-refractivity contribution in [3.63, 3.8) is 0 Å². The van der Waals surface area contributed by atoms with Crippen LogP contribution < -0.4 is 19.7 Å². The molecule has 3 aromatic rings. The van der Waals surface area contributed by atoms with Crippen LogP contribution in [0, 0.1) is 6.92 Å². The number of anilines is 3. The average Bonchev–Trinajstić information content (AvgIpc) is 3.15. The van der Waals surface area contributed by atoms with Gasteiger partial charge in [0.15, 0.2) is 17.3 Å². The van der Waals surface area contributed by atoms with E-state index in [2.05, 4.69) is 57.4 Å². The van der Waals surface area contributed by atoms with E-state index in [1.54, 1.807) is 6.20 Å². The molecule has 2 heterocycles. The molecule has 0 amide bonds. The molecule has 0 saturated carbocycles. The summed E-state index contributed by atoms with van der Waals surface area (Å²) >= 11 is 0. The van der Waals surface area contributed by atoms with Crippen LogP contribution in [0.1, 0.15) is 18.1 Å². The van der Waals surface area contributed by atoms with Crippen molar-refractivity contribution in [3.05, 3.63) is 59.8 Å². The third-order valence-electron chi connectivity index (χ3n) is 4.34. The van der Waals surface area contributed by atoms with Crippen molar-refractivity contribution in [2.45, 2.75) is 20.4 Å². The lowest BCUT2D eigenvalue weighted by Gasteiger charge is -2.22. The van der Waals surface area contributed by atoms with E-state index in [0.717, 1.165) is 35.1 Å². The van der Waals surface area contributed by atoms with Gasteiger partial charge in [-0.15, -0.1) is 5.10 Å². The lowest BCUT2D eigenvalue weighted by atomic mass is 10.2. The maximum atomic E-state index is 5.41. The monoisotopic (exact) mass is 363 g/mol. The van der Waals surface area contributed by atoms with Gasteiger partial charge in [0.25, 0.3) is 0 Å². The number of ether oxygens (including phenoxy) is 2. The Labute approximate surface area is 158 Å². The van der Waals surface area contributed by atoms with E-state index in [9.17, 15) is 0 Å². The number of nitrogens with zero attached hydrogens (tertiary/aromatic N) is 4. The van der Waals surface area contributed by atoms with Gasteiger partial charge in [-0.05, 0) is 49.2 Å². The largest absolute Gasteiger partial charge is 0.454 e.